The van der Waals surface area contributed by atoms with E-state index in [1.165, 1.54) is 107 Å². The number of nitrogens with zero attached hydrogens (tertiary/aromatic N) is 1. The zero-order valence-electron chi connectivity index (χ0n) is 29.0. The number of carbonyl (C=O) groups is 2. The van der Waals surface area contributed by atoms with Crippen molar-refractivity contribution in [2.24, 2.45) is 0 Å². The number of unbranched alkanes of at least 4 members (excludes halogenated alkanes) is 12. The number of benzene rings is 2. The number of hydrogen-bond acceptors (Lipinski definition) is 4. The van der Waals surface area contributed by atoms with E-state index >= 15 is 0 Å². The molecular formula is C41H60ClNO4. The van der Waals surface area contributed by atoms with Crippen LogP contribution in [-0.2, 0) is 24.7 Å². The summed E-state index contributed by atoms with van der Waals surface area (Å²) >= 11 is 0. The van der Waals surface area contributed by atoms with E-state index in [0.717, 1.165) is 32.1 Å². The van der Waals surface area contributed by atoms with Crippen molar-refractivity contribution in [3.05, 3.63) is 71.8 Å². The van der Waals surface area contributed by atoms with E-state index in [4.69, 9.17) is 9.47 Å². The van der Waals surface area contributed by atoms with Gasteiger partial charge in [-0.05, 0) is 6.42 Å². The highest BCUT2D eigenvalue weighted by Crippen LogP contribution is 2.47. The summed E-state index contributed by atoms with van der Waals surface area (Å²) in [5, 5.41) is 0. The summed E-state index contributed by atoms with van der Waals surface area (Å²) in [5.41, 5.74) is -0.328. The Kier molecular flexibility index (Phi) is 15.1. The van der Waals surface area contributed by atoms with E-state index in [1.807, 2.05) is 60.7 Å². The molecule has 3 saturated heterocycles. The van der Waals surface area contributed by atoms with Gasteiger partial charge in [0.25, 0.3) is 5.60 Å². The van der Waals surface area contributed by atoms with E-state index in [0.29, 0.717) is 29.6 Å². The van der Waals surface area contributed by atoms with Gasteiger partial charge >= 0.3 is 11.9 Å². The molecule has 2 atom stereocenters. The van der Waals surface area contributed by atoms with Crippen LogP contribution in [0.4, 0.5) is 0 Å². The molecule has 0 aromatic heterocycles. The quantitative estimate of drug-likeness (QED) is 0.0941. The predicted octanol–water partition coefficient (Wildman–Crippen LogP) is 6.81. The highest BCUT2D eigenvalue weighted by molar-refractivity contribution is 5.89. The van der Waals surface area contributed by atoms with Gasteiger partial charge in [-0.2, -0.15) is 0 Å². The molecule has 5 rings (SSSR count). The lowest BCUT2D eigenvalue weighted by Gasteiger charge is -2.47. The van der Waals surface area contributed by atoms with E-state index in [1.54, 1.807) is 0 Å². The average molecular weight is 666 g/mol. The standard InChI is InChI=1S/C41H60NO4.ClH/c1-2-3-4-5-6-7-8-9-10-11-12-13-20-27-39(43)46-41(34-23-16-14-17-24-34,35-25-18-15-19-26-35)40(44)45-38-32-36-28-29-37(33-38)42(36)30-21-22-31-42;/h14-19,23-26,36-38H,2-13,20-22,27-33H2,1H3;1H/q+1;/p-1. The van der Waals surface area contributed by atoms with Gasteiger partial charge in [-0.3, -0.25) is 4.79 Å². The van der Waals surface area contributed by atoms with Gasteiger partial charge in [0, 0.05) is 56.1 Å². The van der Waals surface area contributed by atoms with Gasteiger partial charge in [0.15, 0.2) is 0 Å². The van der Waals surface area contributed by atoms with Gasteiger partial charge in [0.05, 0.1) is 25.2 Å². The molecule has 260 valence electrons. The summed E-state index contributed by atoms with van der Waals surface area (Å²) in [7, 11) is 0. The zero-order valence-corrected chi connectivity index (χ0v) is 29.8. The number of esters is 2. The largest absolute Gasteiger partial charge is 1.00 e. The van der Waals surface area contributed by atoms with Crippen LogP contribution in [0.3, 0.4) is 0 Å². The molecular weight excluding hydrogens is 606 g/mol. The summed E-state index contributed by atoms with van der Waals surface area (Å²) in [6.07, 6.45) is 23.4. The molecule has 5 nitrogen and oxygen atoms in total. The minimum absolute atomic E-state index is 0. The maximum absolute atomic E-state index is 14.5. The van der Waals surface area contributed by atoms with E-state index in [2.05, 4.69) is 6.92 Å². The molecule has 47 heavy (non-hydrogen) atoms. The third kappa shape index (κ3) is 9.41. The number of piperidine rings is 1. The molecule has 3 aliphatic rings. The van der Waals surface area contributed by atoms with Crippen LogP contribution < -0.4 is 12.4 Å². The summed E-state index contributed by atoms with van der Waals surface area (Å²) in [6.45, 7) is 4.83. The Labute approximate surface area is 291 Å². The molecule has 0 saturated carbocycles. The number of carbonyl (C=O) groups excluding carboxylic acids is 2. The van der Waals surface area contributed by atoms with Crippen molar-refractivity contribution < 1.29 is 36.0 Å². The van der Waals surface area contributed by atoms with Crippen LogP contribution in [0.5, 0.6) is 0 Å². The number of halogens is 1. The Hall–Kier alpha value is -2.37. The van der Waals surface area contributed by atoms with E-state index in [-0.39, 0.29) is 24.5 Å². The smallest absolute Gasteiger partial charge is 0.360 e. The first kappa shape index (κ1) is 37.4. The molecule has 3 fully saturated rings. The van der Waals surface area contributed by atoms with Crippen molar-refractivity contribution in [2.45, 2.75) is 159 Å². The van der Waals surface area contributed by atoms with E-state index in [9.17, 15) is 9.59 Å². The molecule has 6 heteroatoms. The van der Waals surface area contributed by atoms with Crippen LogP contribution in [0.2, 0.25) is 0 Å². The molecule has 1 spiro atoms. The summed E-state index contributed by atoms with van der Waals surface area (Å²) in [4.78, 5) is 28.1. The third-order valence-corrected chi connectivity index (χ3v) is 11.4. The second-order valence-electron chi connectivity index (χ2n) is 14.5. The molecule has 0 N–H and O–H groups in total. The molecule has 2 unspecified atom stereocenters. The molecule has 2 aromatic carbocycles. The number of ether oxygens (including phenoxy) is 2. The highest BCUT2D eigenvalue weighted by Gasteiger charge is 2.57. The van der Waals surface area contributed by atoms with Crippen molar-refractivity contribution >= 4 is 11.9 Å². The average Bonchev–Trinajstić information content (AvgIpc) is 3.63. The Morgan fingerprint density at radius 3 is 1.60 bits per heavy atom. The lowest BCUT2D eigenvalue weighted by atomic mass is 9.85. The van der Waals surface area contributed by atoms with Gasteiger partial charge in [0.2, 0.25) is 0 Å². The third-order valence-electron chi connectivity index (χ3n) is 11.4. The Balaban J connectivity index is 0.00000500. The van der Waals surface area contributed by atoms with Crippen LogP contribution >= 0.6 is 0 Å². The molecule has 0 aliphatic carbocycles. The Morgan fingerprint density at radius 2 is 1.13 bits per heavy atom. The predicted molar refractivity (Wildman–Crippen MR) is 185 cm³/mol. The topological polar surface area (TPSA) is 52.6 Å². The van der Waals surface area contributed by atoms with Crippen molar-refractivity contribution in [3.8, 4) is 0 Å². The lowest BCUT2D eigenvalue weighted by molar-refractivity contribution is -0.956. The van der Waals surface area contributed by atoms with Gasteiger partial charge in [-0.25, -0.2) is 4.79 Å². The Bertz CT molecular complexity index is 1140. The highest BCUT2D eigenvalue weighted by atomic mass is 35.5. The first-order chi connectivity index (χ1) is 22.6. The summed E-state index contributed by atoms with van der Waals surface area (Å²) < 4.78 is 14.1. The number of hydrogen-bond donors (Lipinski definition) is 0. The van der Waals surface area contributed by atoms with Gasteiger partial charge < -0.3 is 26.4 Å². The van der Waals surface area contributed by atoms with Crippen molar-refractivity contribution in [1.29, 1.82) is 0 Å². The zero-order chi connectivity index (χ0) is 32.1. The van der Waals surface area contributed by atoms with Crippen LogP contribution in [0, 0.1) is 0 Å². The molecule has 3 heterocycles. The first-order valence-electron chi connectivity index (χ1n) is 19.0. The van der Waals surface area contributed by atoms with Crippen molar-refractivity contribution in [2.75, 3.05) is 13.1 Å². The van der Waals surface area contributed by atoms with Crippen molar-refractivity contribution in [3.63, 3.8) is 0 Å². The van der Waals surface area contributed by atoms with Gasteiger partial charge in [-0.15, -0.1) is 0 Å². The minimum atomic E-state index is -1.62. The summed E-state index contributed by atoms with van der Waals surface area (Å²) in [5.74, 6) is -0.791. The van der Waals surface area contributed by atoms with Crippen LogP contribution in [-0.4, -0.2) is 47.7 Å². The minimum Gasteiger partial charge on any atom is -1.00 e. The summed E-state index contributed by atoms with van der Waals surface area (Å²) in [6, 6.07) is 20.2. The fourth-order valence-electron chi connectivity index (χ4n) is 8.96. The van der Waals surface area contributed by atoms with Gasteiger partial charge in [-0.1, -0.05) is 145 Å². The number of quaternary nitrogens is 1. The van der Waals surface area contributed by atoms with Gasteiger partial charge in [0.1, 0.15) is 6.10 Å². The lowest BCUT2D eigenvalue weighted by Crippen LogP contribution is -3.00. The fraction of sp³-hybridized carbons (Fsp3) is 0.659. The maximum atomic E-state index is 14.5. The second kappa shape index (κ2) is 19.0. The molecule has 2 aromatic rings. The number of rotatable bonds is 19. The fourth-order valence-corrected chi connectivity index (χ4v) is 8.96. The molecule has 3 aliphatic heterocycles. The monoisotopic (exact) mass is 665 g/mol. The van der Waals surface area contributed by atoms with Crippen LogP contribution in [0.15, 0.2) is 60.7 Å². The molecule has 0 radical (unpaired) electrons. The second-order valence-corrected chi connectivity index (χ2v) is 14.5. The SMILES string of the molecule is CCCCCCCCCCCCCCCC(=O)OC(C(=O)OC1CC2CCC(C1)[N+]21CCCC1)(c1ccccc1)c1ccccc1.[Cl-]. The molecule has 0 amide bonds. The van der Waals surface area contributed by atoms with Crippen LogP contribution in [0.25, 0.3) is 0 Å². The normalized spacial score (nSPS) is 21.3. The van der Waals surface area contributed by atoms with E-state index < -0.39 is 11.6 Å². The van der Waals surface area contributed by atoms with Crippen LogP contribution in [0.1, 0.15) is 146 Å². The first-order valence-corrected chi connectivity index (χ1v) is 19.0. The molecule has 2 bridgehead atoms. The van der Waals surface area contributed by atoms with Crippen molar-refractivity contribution in [1.82, 2.24) is 0 Å². The Morgan fingerprint density at radius 1 is 0.681 bits per heavy atom. The maximum Gasteiger partial charge on any atom is 0.360 e.